The largest absolute Gasteiger partial charge is 0.444 e. The average Bonchev–Trinajstić information content (AvgIpc) is 3.26. The Kier molecular flexibility index (Phi) is 5.17. The normalized spacial score (nSPS) is 20.9. The molecule has 1 aromatic heterocycles. The lowest BCUT2D eigenvalue weighted by molar-refractivity contribution is 0.0275. The molecule has 2 unspecified atom stereocenters. The van der Waals surface area contributed by atoms with Gasteiger partial charge in [0.25, 0.3) is 5.91 Å². The number of rotatable bonds is 2. The topological polar surface area (TPSA) is 75.6 Å². The van der Waals surface area contributed by atoms with Gasteiger partial charge in [0.2, 0.25) is 0 Å². The molecule has 2 aliphatic rings. The van der Waals surface area contributed by atoms with Crippen molar-refractivity contribution in [1.29, 1.82) is 0 Å². The van der Waals surface area contributed by atoms with E-state index in [-0.39, 0.29) is 29.4 Å². The fraction of sp³-hybridized carbons (Fsp3) is 0.455. The predicted octanol–water partition coefficient (Wildman–Crippen LogP) is 3.22. The van der Waals surface area contributed by atoms with Crippen LogP contribution in [0.5, 0.6) is 0 Å². The van der Waals surface area contributed by atoms with E-state index in [2.05, 4.69) is 9.97 Å². The van der Waals surface area contributed by atoms with E-state index < -0.39 is 11.4 Å². The number of halogens is 1. The highest BCUT2D eigenvalue weighted by Crippen LogP contribution is 2.34. The number of ether oxygens (including phenoxy) is 1. The zero-order valence-electron chi connectivity index (χ0n) is 17.3. The Hall–Kier alpha value is -3.03. The Morgan fingerprint density at radius 1 is 1.00 bits per heavy atom. The van der Waals surface area contributed by atoms with E-state index in [0.29, 0.717) is 37.6 Å². The molecule has 2 fully saturated rings. The first-order valence-electron chi connectivity index (χ1n) is 10.1. The van der Waals surface area contributed by atoms with Crippen molar-refractivity contribution in [2.45, 2.75) is 26.4 Å². The lowest BCUT2D eigenvalue weighted by atomic mass is 10.0. The summed E-state index contributed by atoms with van der Waals surface area (Å²) in [6, 6.07) is 6.16. The second-order valence-electron chi connectivity index (χ2n) is 8.85. The number of carbonyl (C=O) groups is 2. The summed E-state index contributed by atoms with van der Waals surface area (Å²) in [7, 11) is 0. The van der Waals surface area contributed by atoms with Crippen LogP contribution in [-0.4, -0.2) is 63.5 Å². The van der Waals surface area contributed by atoms with Gasteiger partial charge in [0.15, 0.2) is 5.82 Å². The molecule has 2 aliphatic heterocycles. The Labute approximate surface area is 174 Å². The first-order chi connectivity index (χ1) is 14.2. The van der Waals surface area contributed by atoms with Crippen LogP contribution < -0.4 is 0 Å². The van der Waals surface area contributed by atoms with Gasteiger partial charge in [0.05, 0.1) is 5.56 Å². The molecular weight excluding hydrogens is 387 g/mol. The molecule has 0 N–H and O–H groups in total. The molecular formula is C22H25FN4O3. The van der Waals surface area contributed by atoms with Crippen LogP contribution >= 0.6 is 0 Å². The van der Waals surface area contributed by atoms with E-state index in [9.17, 15) is 14.0 Å². The molecule has 1 aromatic carbocycles. The molecule has 2 amide bonds. The van der Waals surface area contributed by atoms with E-state index in [0.717, 1.165) is 0 Å². The first kappa shape index (κ1) is 20.3. The highest BCUT2D eigenvalue weighted by atomic mass is 19.1. The molecule has 4 rings (SSSR count). The number of carbonyl (C=O) groups excluding carboxylic acids is 2. The maximum atomic E-state index is 14.7. The SMILES string of the molecule is CC(C)(C)OC(=O)N1CC2CN(C(=O)c3c(F)cccc3-c3ncccn3)CC2C1. The van der Waals surface area contributed by atoms with Gasteiger partial charge in [-0.2, -0.15) is 0 Å². The number of amides is 2. The standard InChI is InChI=1S/C22H25FN4O3/c1-22(2,3)30-21(29)27-12-14-10-26(11-15(14)13-27)20(28)18-16(6-4-7-17(18)23)19-24-8-5-9-25-19/h4-9,14-15H,10-13H2,1-3H3. The van der Waals surface area contributed by atoms with Gasteiger partial charge >= 0.3 is 6.09 Å². The molecule has 0 bridgehead atoms. The molecule has 0 spiro atoms. The zero-order valence-corrected chi connectivity index (χ0v) is 17.3. The molecule has 158 valence electrons. The summed E-state index contributed by atoms with van der Waals surface area (Å²) in [5, 5.41) is 0. The number of aromatic nitrogens is 2. The lowest BCUT2D eigenvalue weighted by Crippen LogP contribution is -2.38. The lowest BCUT2D eigenvalue weighted by Gasteiger charge is -2.26. The summed E-state index contributed by atoms with van der Waals surface area (Å²) in [5.41, 5.74) is -0.168. The fourth-order valence-corrected chi connectivity index (χ4v) is 4.16. The summed E-state index contributed by atoms with van der Waals surface area (Å²) < 4.78 is 20.1. The molecule has 2 atom stereocenters. The van der Waals surface area contributed by atoms with Crippen molar-refractivity contribution in [3.63, 3.8) is 0 Å². The second kappa shape index (κ2) is 7.66. The third-order valence-electron chi connectivity index (χ3n) is 5.46. The van der Waals surface area contributed by atoms with Gasteiger partial charge in [-0.25, -0.2) is 19.2 Å². The summed E-state index contributed by atoms with van der Waals surface area (Å²) in [4.78, 5) is 37.3. The number of hydrogen-bond acceptors (Lipinski definition) is 5. The van der Waals surface area contributed by atoms with Crippen molar-refractivity contribution in [3.05, 3.63) is 48.0 Å². The molecule has 3 heterocycles. The third kappa shape index (κ3) is 3.99. The van der Waals surface area contributed by atoms with E-state index >= 15 is 0 Å². The summed E-state index contributed by atoms with van der Waals surface area (Å²) in [6.45, 7) is 7.54. The smallest absolute Gasteiger partial charge is 0.410 e. The number of likely N-dealkylation sites (tertiary alicyclic amines) is 2. The number of fused-ring (bicyclic) bond motifs is 1. The van der Waals surface area contributed by atoms with Crippen LogP contribution in [-0.2, 0) is 4.74 Å². The van der Waals surface area contributed by atoms with E-state index in [1.807, 2.05) is 20.8 Å². The summed E-state index contributed by atoms with van der Waals surface area (Å²) in [5.74, 6) is -0.323. The quantitative estimate of drug-likeness (QED) is 0.757. The molecule has 2 saturated heterocycles. The van der Waals surface area contributed by atoms with Crippen LogP contribution in [0.15, 0.2) is 36.7 Å². The van der Waals surface area contributed by atoms with Crippen LogP contribution in [0.2, 0.25) is 0 Å². The summed E-state index contributed by atoms with van der Waals surface area (Å²) >= 11 is 0. The van der Waals surface area contributed by atoms with E-state index in [1.165, 1.54) is 6.07 Å². The van der Waals surface area contributed by atoms with Crippen molar-refractivity contribution in [2.75, 3.05) is 26.2 Å². The second-order valence-corrected chi connectivity index (χ2v) is 8.85. The van der Waals surface area contributed by atoms with Crippen LogP contribution in [0.4, 0.5) is 9.18 Å². The van der Waals surface area contributed by atoms with Crippen LogP contribution in [0.1, 0.15) is 31.1 Å². The molecule has 7 nitrogen and oxygen atoms in total. The van der Waals surface area contributed by atoms with Gasteiger partial charge in [0, 0.05) is 56.0 Å². The van der Waals surface area contributed by atoms with Gasteiger partial charge in [-0.15, -0.1) is 0 Å². The monoisotopic (exact) mass is 412 g/mol. The van der Waals surface area contributed by atoms with Gasteiger partial charge < -0.3 is 14.5 Å². The Bertz CT molecular complexity index is 947. The minimum Gasteiger partial charge on any atom is -0.444 e. The molecule has 0 aliphatic carbocycles. The first-order valence-corrected chi connectivity index (χ1v) is 10.1. The minimum atomic E-state index is -0.586. The van der Waals surface area contributed by atoms with Gasteiger partial charge in [-0.3, -0.25) is 4.79 Å². The molecule has 0 saturated carbocycles. The number of nitrogens with zero attached hydrogens (tertiary/aromatic N) is 4. The zero-order chi connectivity index (χ0) is 21.5. The molecule has 2 aromatic rings. The average molecular weight is 412 g/mol. The maximum absolute atomic E-state index is 14.7. The van der Waals surface area contributed by atoms with Crippen LogP contribution in [0.25, 0.3) is 11.4 Å². The molecule has 30 heavy (non-hydrogen) atoms. The highest BCUT2D eigenvalue weighted by molar-refractivity contribution is 6.00. The predicted molar refractivity (Wildman–Crippen MR) is 108 cm³/mol. The van der Waals surface area contributed by atoms with Gasteiger partial charge in [0.1, 0.15) is 11.4 Å². The van der Waals surface area contributed by atoms with Crippen LogP contribution in [0.3, 0.4) is 0 Å². The van der Waals surface area contributed by atoms with E-state index in [1.54, 1.807) is 40.4 Å². The fourth-order valence-electron chi connectivity index (χ4n) is 4.16. The van der Waals surface area contributed by atoms with Gasteiger partial charge in [-0.1, -0.05) is 12.1 Å². The van der Waals surface area contributed by atoms with Gasteiger partial charge in [-0.05, 0) is 32.9 Å². The molecule has 0 radical (unpaired) electrons. The van der Waals surface area contributed by atoms with Crippen molar-refractivity contribution in [2.24, 2.45) is 11.8 Å². The van der Waals surface area contributed by atoms with Crippen LogP contribution in [0, 0.1) is 17.7 Å². The van der Waals surface area contributed by atoms with E-state index in [4.69, 9.17) is 4.74 Å². The Morgan fingerprint density at radius 2 is 1.60 bits per heavy atom. The maximum Gasteiger partial charge on any atom is 0.410 e. The Balaban J connectivity index is 1.49. The summed E-state index contributed by atoms with van der Waals surface area (Å²) in [6.07, 6.45) is 2.80. The Morgan fingerprint density at radius 3 is 2.20 bits per heavy atom. The van der Waals surface area contributed by atoms with Crippen molar-refractivity contribution < 1.29 is 18.7 Å². The highest BCUT2D eigenvalue weighted by Gasteiger charge is 2.44. The molecule has 8 heteroatoms. The number of benzene rings is 1. The number of hydrogen-bond donors (Lipinski definition) is 0. The van der Waals surface area contributed by atoms with Crippen molar-refractivity contribution in [3.8, 4) is 11.4 Å². The minimum absolute atomic E-state index is 0.00679. The third-order valence-corrected chi connectivity index (χ3v) is 5.46. The van der Waals surface area contributed by atoms with Crippen molar-refractivity contribution >= 4 is 12.0 Å². The van der Waals surface area contributed by atoms with Crippen molar-refractivity contribution in [1.82, 2.24) is 19.8 Å².